The molecule has 154 valence electrons. The Hall–Kier alpha value is -1.40. The largest absolute Gasteiger partial charge is 0.492 e. The van der Waals surface area contributed by atoms with E-state index in [9.17, 15) is 0 Å². The number of morpholine rings is 1. The molecule has 1 saturated heterocycles. The van der Waals surface area contributed by atoms with E-state index >= 15 is 0 Å². The predicted molar refractivity (Wildman–Crippen MR) is 125 cm³/mol. The SMILES string of the molecule is CC(=Cc1ccc(OCCN2CCOCC2)cc1)c1ccc2c(c1)SC(C)(C)S2. The van der Waals surface area contributed by atoms with Crippen LogP contribution in [0.3, 0.4) is 0 Å². The molecule has 2 aliphatic rings. The Balaban J connectivity index is 1.35. The summed E-state index contributed by atoms with van der Waals surface area (Å²) in [7, 11) is 0. The molecule has 0 saturated carbocycles. The molecule has 0 aromatic heterocycles. The number of hydrogen-bond acceptors (Lipinski definition) is 5. The van der Waals surface area contributed by atoms with Crippen LogP contribution in [0.4, 0.5) is 0 Å². The fourth-order valence-electron chi connectivity index (χ4n) is 3.58. The lowest BCUT2D eigenvalue weighted by atomic mass is 10.0. The maximum absolute atomic E-state index is 5.91. The monoisotopic (exact) mass is 427 g/mol. The molecule has 3 nitrogen and oxygen atoms in total. The summed E-state index contributed by atoms with van der Waals surface area (Å²) >= 11 is 3.91. The maximum Gasteiger partial charge on any atom is 0.119 e. The molecule has 0 atom stereocenters. The van der Waals surface area contributed by atoms with Crippen LogP contribution in [0.1, 0.15) is 31.9 Å². The summed E-state index contributed by atoms with van der Waals surface area (Å²) in [6, 6.07) is 15.2. The van der Waals surface area contributed by atoms with Gasteiger partial charge in [0.25, 0.3) is 0 Å². The topological polar surface area (TPSA) is 21.7 Å². The Labute approximate surface area is 182 Å². The average molecular weight is 428 g/mol. The normalized spacial score (nSPS) is 19.2. The summed E-state index contributed by atoms with van der Waals surface area (Å²) in [5.74, 6) is 0.932. The number of hydrogen-bond donors (Lipinski definition) is 0. The molecule has 2 aromatic rings. The molecule has 0 spiro atoms. The van der Waals surface area contributed by atoms with Crippen LogP contribution in [0.5, 0.6) is 5.75 Å². The van der Waals surface area contributed by atoms with Gasteiger partial charge in [0.2, 0.25) is 0 Å². The Kier molecular flexibility index (Phi) is 6.60. The standard InChI is InChI=1S/C24H29NO2S2/c1-18(20-6-9-22-23(17-20)29-24(2,3)28-22)16-19-4-7-21(8-5-19)27-15-12-25-10-13-26-14-11-25/h4-9,16-17H,10-15H2,1-3H3. The lowest BCUT2D eigenvalue weighted by Crippen LogP contribution is -2.38. The molecule has 0 unspecified atom stereocenters. The van der Waals surface area contributed by atoms with Crippen LogP contribution in [0.25, 0.3) is 11.6 Å². The zero-order valence-corrected chi connectivity index (χ0v) is 19.1. The predicted octanol–water partition coefficient (Wildman–Crippen LogP) is 5.89. The molecular formula is C24H29NO2S2. The van der Waals surface area contributed by atoms with Gasteiger partial charge < -0.3 is 9.47 Å². The quantitative estimate of drug-likeness (QED) is 0.534. The first-order valence-corrected chi connectivity index (χ1v) is 11.9. The van der Waals surface area contributed by atoms with Gasteiger partial charge in [-0.1, -0.05) is 24.3 Å². The van der Waals surface area contributed by atoms with Crippen LogP contribution in [0, 0.1) is 0 Å². The Morgan fingerprint density at radius 1 is 1.07 bits per heavy atom. The van der Waals surface area contributed by atoms with Crippen LogP contribution >= 0.6 is 23.5 Å². The zero-order chi connectivity index (χ0) is 20.3. The van der Waals surface area contributed by atoms with Gasteiger partial charge in [-0.3, -0.25) is 4.90 Å². The molecule has 1 fully saturated rings. The summed E-state index contributed by atoms with van der Waals surface area (Å²) in [4.78, 5) is 5.18. The highest BCUT2D eigenvalue weighted by atomic mass is 32.2. The third-order valence-corrected chi connectivity index (χ3v) is 7.90. The summed E-state index contributed by atoms with van der Waals surface area (Å²) in [6.45, 7) is 12.1. The second-order valence-corrected chi connectivity index (χ2v) is 11.6. The van der Waals surface area contributed by atoms with E-state index in [1.807, 2.05) is 23.5 Å². The van der Waals surface area contributed by atoms with Crippen molar-refractivity contribution in [1.82, 2.24) is 4.90 Å². The maximum atomic E-state index is 5.91. The number of fused-ring (bicyclic) bond motifs is 1. The van der Waals surface area contributed by atoms with E-state index in [0.717, 1.165) is 45.2 Å². The van der Waals surface area contributed by atoms with Crippen molar-refractivity contribution in [1.29, 1.82) is 0 Å². The van der Waals surface area contributed by atoms with Crippen LogP contribution in [0.2, 0.25) is 0 Å². The minimum absolute atomic E-state index is 0.232. The molecule has 0 amide bonds. The van der Waals surface area contributed by atoms with Crippen molar-refractivity contribution >= 4 is 35.2 Å². The molecule has 2 aromatic carbocycles. The van der Waals surface area contributed by atoms with Gasteiger partial charge in [0.1, 0.15) is 12.4 Å². The number of rotatable bonds is 6. The van der Waals surface area contributed by atoms with E-state index in [2.05, 4.69) is 74.2 Å². The molecule has 2 heterocycles. The fourth-order valence-corrected chi connectivity index (χ4v) is 6.24. The molecular weight excluding hydrogens is 398 g/mol. The summed E-state index contributed by atoms with van der Waals surface area (Å²) in [5, 5.41) is 0. The van der Waals surface area contributed by atoms with Gasteiger partial charge in [-0.05, 0) is 61.7 Å². The molecule has 0 bridgehead atoms. The molecule has 4 rings (SSSR count). The average Bonchev–Trinajstić information content (AvgIpc) is 3.03. The first kappa shape index (κ1) is 20.9. The summed E-state index contributed by atoms with van der Waals surface area (Å²) < 4.78 is 11.5. The molecule has 0 radical (unpaired) electrons. The van der Waals surface area contributed by atoms with Gasteiger partial charge in [0, 0.05) is 29.4 Å². The number of thioether (sulfide) groups is 2. The highest BCUT2D eigenvalue weighted by Crippen LogP contribution is 2.55. The van der Waals surface area contributed by atoms with Crippen molar-refractivity contribution in [2.45, 2.75) is 34.6 Å². The Bertz CT molecular complexity index is 871. The fraction of sp³-hybridized carbons (Fsp3) is 0.417. The van der Waals surface area contributed by atoms with Crippen LogP contribution in [-0.4, -0.2) is 48.4 Å². The molecule has 2 aliphatic heterocycles. The highest BCUT2D eigenvalue weighted by Gasteiger charge is 2.30. The third-order valence-electron chi connectivity index (χ3n) is 5.15. The number of benzene rings is 2. The van der Waals surface area contributed by atoms with E-state index in [1.165, 1.54) is 26.5 Å². The van der Waals surface area contributed by atoms with Crippen LogP contribution in [0.15, 0.2) is 52.3 Å². The van der Waals surface area contributed by atoms with Crippen LogP contribution in [-0.2, 0) is 4.74 Å². The molecule has 0 aliphatic carbocycles. The van der Waals surface area contributed by atoms with Crippen molar-refractivity contribution in [3.05, 3.63) is 53.6 Å². The summed E-state index contributed by atoms with van der Waals surface area (Å²) in [5.41, 5.74) is 3.77. The number of allylic oxidation sites excluding steroid dienone is 1. The van der Waals surface area contributed by atoms with Gasteiger partial charge in [0.15, 0.2) is 0 Å². The second kappa shape index (κ2) is 9.17. The lowest BCUT2D eigenvalue weighted by Gasteiger charge is -2.26. The molecule has 0 N–H and O–H groups in total. The van der Waals surface area contributed by atoms with Gasteiger partial charge in [0.05, 0.1) is 17.3 Å². The smallest absolute Gasteiger partial charge is 0.119 e. The van der Waals surface area contributed by atoms with E-state index < -0.39 is 0 Å². The first-order chi connectivity index (χ1) is 14.0. The minimum atomic E-state index is 0.232. The minimum Gasteiger partial charge on any atom is -0.492 e. The Morgan fingerprint density at radius 3 is 2.55 bits per heavy atom. The van der Waals surface area contributed by atoms with Gasteiger partial charge in [-0.25, -0.2) is 0 Å². The number of ether oxygens (including phenoxy) is 2. The second-order valence-electron chi connectivity index (χ2n) is 7.96. The van der Waals surface area contributed by atoms with Crippen molar-refractivity contribution in [3.8, 4) is 5.75 Å². The van der Waals surface area contributed by atoms with E-state index in [-0.39, 0.29) is 4.08 Å². The number of nitrogens with zero attached hydrogens (tertiary/aromatic N) is 1. The lowest BCUT2D eigenvalue weighted by molar-refractivity contribution is 0.0322. The van der Waals surface area contributed by atoms with Crippen molar-refractivity contribution in [3.63, 3.8) is 0 Å². The highest BCUT2D eigenvalue weighted by molar-refractivity contribution is 8.20. The van der Waals surface area contributed by atoms with Crippen LogP contribution < -0.4 is 4.74 Å². The first-order valence-electron chi connectivity index (χ1n) is 10.2. The van der Waals surface area contributed by atoms with E-state index in [1.54, 1.807) is 0 Å². The molecule has 29 heavy (non-hydrogen) atoms. The van der Waals surface area contributed by atoms with Gasteiger partial charge in [-0.15, -0.1) is 23.5 Å². The van der Waals surface area contributed by atoms with E-state index in [4.69, 9.17) is 9.47 Å². The zero-order valence-electron chi connectivity index (χ0n) is 17.4. The van der Waals surface area contributed by atoms with Crippen molar-refractivity contribution in [2.75, 3.05) is 39.5 Å². The van der Waals surface area contributed by atoms with Gasteiger partial charge >= 0.3 is 0 Å². The summed E-state index contributed by atoms with van der Waals surface area (Å²) in [6.07, 6.45) is 2.25. The van der Waals surface area contributed by atoms with Gasteiger partial charge in [-0.2, -0.15) is 0 Å². The Morgan fingerprint density at radius 2 is 1.79 bits per heavy atom. The molecule has 5 heteroatoms. The van der Waals surface area contributed by atoms with Crippen molar-refractivity contribution < 1.29 is 9.47 Å². The van der Waals surface area contributed by atoms with E-state index in [0.29, 0.717) is 0 Å². The van der Waals surface area contributed by atoms with Crippen molar-refractivity contribution in [2.24, 2.45) is 0 Å². The third kappa shape index (κ3) is 5.60.